The Morgan fingerprint density at radius 3 is 1.92 bits per heavy atom. The summed E-state index contributed by atoms with van der Waals surface area (Å²) >= 11 is 0. The molecule has 1 saturated heterocycles. The average Bonchev–Trinajstić information content (AvgIpc) is 3.55. The van der Waals surface area contributed by atoms with Crippen molar-refractivity contribution in [2.75, 3.05) is 6.61 Å². The number of aliphatic hydroxyl groups excluding tert-OH is 1. The summed E-state index contributed by atoms with van der Waals surface area (Å²) in [6.45, 7) is 12.7. The second-order valence-electron chi connectivity index (χ2n) is 12.6. The Labute approximate surface area is 217 Å². The van der Waals surface area contributed by atoms with E-state index < -0.39 is 26.2 Å². The lowest BCUT2D eigenvalue weighted by Gasteiger charge is -2.44. The molecule has 2 fully saturated rings. The Morgan fingerprint density at radius 1 is 0.944 bits per heavy atom. The van der Waals surface area contributed by atoms with Crippen molar-refractivity contribution in [3.05, 3.63) is 60.7 Å². The molecule has 1 aliphatic heterocycles. The summed E-state index contributed by atoms with van der Waals surface area (Å²) in [5.74, 6) is 0.884. The summed E-state index contributed by atoms with van der Waals surface area (Å²) < 4.78 is 13.0. The Kier molecular flexibility index (Phi) is 7.70. The fourth-order valence-electron chi connectivity index (χ4n) is 5.78. The molecule has 0 spiro atoms. The first-order valence-electron chi connectivity index (χ1n) is 13.4. The van der Waals surface area contributed by atoms with Gasteiger partial charge in [-0.1, -0.05) is 94.3 Å². The Balaban J connectivity index is 1.72. The van der Waals surface area contributed by atoms with Gasteiger partial charge in [0.15, 0.2) is 0 Å². The highest BCUT2D eigenvalue weighted by Gasteiger charge is 2.53. The highest BCUT2D eigenvalue weighted by Crippen LogP contribution is 2.43. The number of likely N-dealkylation sites (tertiary alicyclic amines) is 1. The van der Waals surface area contributed by atoms with Crippen molar-refractivity contribution < 1.29 is 19.1 Å². The Bertz CT molecular complexity index is 971. The van der Waals surface area contributed by atoms with Gasteiger partial charge in [0.2, 0.25) is 0 Å². The van der Waals surface area contributed by atoms with Crippen LogP contribution in [0.25, 0.3) is 0 Å². The Hall–Kier alpha value is -2.15. The number of nitrogens with zero attached hydrogens (tertiary/aromatic N) is 1. The zero-order valence-corrected chi connectivity index (χ0v) is 23.7. The molecule has 2 aromatic rings. The third-order valence-electron chi connectivity index (χ3n) is 7.56. The number of hydrogen-bond acceptors (Lipinski definition) is 4. The van der Waals surface area contributed by atoms with Crippen LogP contribution in [0.1, 0.15) is 67.2 Å². The van der Waals surface area contributed by atoms with Gasteiger partial charge in [0.25, 0.3) is 8.32 Å². The van der Waals surface area contributed by atoms with E-state index in [4.69, 9.17) is 9.16 Å². The summed E-state index contributed by atoms with van der Waals surface area (Å²) in [6, 6.07) is 20.9. The molecule has 196 valence electrons. The van der Waals surface area contributed by atoms with E-state index in [2.05, 4.69) is 69.3 Å². The van der Waals surface area contributed by atoms with Crippen LogP contribution in [0, 0.1) is 11.8 Å². The second kappa shape index (κ2) is 10.3. The third kappa shape index (κ3) is 5.71. The van der Waals surface area contributed by atoms with Gasteiger partial charge in [-0.2, -0.15) is 0 Å². The van der Waals surface area contributed by atoms with Gasteiger partial charge in [-0.3, -0.25) is 4.90 Å². The van der Waals surface area contributed by atoms with Crippen LogP contribution < -0.4 is 10.4 Å². The number of ether oxygens (including phenoxy) is 1. The molecule has 1 unspecified atom stereocenters. The molecule has 1 heterocycles. The van der Waals surface area contributed by atoms with Crippen molar-refractivity contribution in [2.45, 2.75) is 90.1 Å². The van der Waals surface area contributed by atoms with E-state index in [1.165, 1.54) is 23.2 Å². The molecule has 5 nitrogen and oxygen atoms in total. The minimum Gasteiger partial charge on any atom is -0.444 e. The minimum atomic E-state index is -2.76. The van der Waals surface area contributed by atoms with Crippen LogP contribution in [0.4, 0.5) is 4.79 Å². The maximum absolute atomic E-state index is 13.3. The van der Waals surface area contributed by atoms with Gasteiger partial charge in [0.05, 0.1) is 12.6 Å². The largest absolute Gasteiger partial charge is 0.444 e. The molecule has 0 radical (unpaired) electrons. The van der Waals surface area contributed by atoms with Crippen LogP contribution >= 0.6 is 0 Å². The van der Waals surface area contributed by atoms with Gasteiger partial charge >= 0.3 is 6.09 Å². The van der Waals surface area contributed by atoms with Crippen LogP contribution in [0.3, 0.4) is 0 Å². The van der Waals surface area contributed by atoms with Crippen LogP contribution in [0.15, 0.2) is 60.7 Å². The highest BCUT2D eigenvalue weighted by molar-refractivity contribution is 6.99. The molecule has 2 aliphatic rings. The molecule has 0 bridgehead atoms. The third-order valence-corrected chi connectivity index (χ3v) is 12.6. The summed E-state index contributed by atoms with van der Waals surface area (Å²) in [7, 11) is -2.76. The van der Waals surface area contributed by atoms with Gasteiger partial charge in [0, 0.05) is 0 Å². The standard InChI is InChI=1S/C30H43NO4Si/c1-29(2,3)35-28(33)31-26(23(20-27(31)32)19-22-17-18-22)21-34-36(30(4,5)6,24-13-9-7-10-14-24)25-15-11-8-12-16-25/h7-16,22-23,26-27,32H,17-21H2,1-6H3/t23-,26+,27?/m1/s1. The second-order valence-corrected chi connectivity index (χ2v) is 16.9. The predicted molar refractivity (Wildman–Crippen MR) is 147 cm³/mol. The van der Waals surface area contributed by atoms with E-state index in [1.54, 1.807) is 4.90 Å². The number of rotatable bonds is 7. The van der Waals surface area contributed by atoms with Gasteiger partial charge in [0.1, 0.15) is 11.8 Å². The molecule has 36 heavy (non-hydrogen) atoms. The zero-order valence-electron chi connectivity index (χ0n) is 22.7. The molecule has 4 rings (SSSR count). The lowest BCUT2D eigenvalue weighted by Crippen LogP contribution is -2.67. The van der Waals surface area contributed by atoms with E-state index in [0.717, 1.165) is 6.42 Å². The van der Waals surface area contributed by atoms with Gasteiger partial charge in [-0.15, -0.1) is 0 Å². The smallest absolute Gasteiger partial charge is 0.412 e. The van der Waals surface area contributed by atoms with Crippen molar-refractivity contribution in [1.29, 1.82) is 0 Å². The molecule has 1 amide bonds. The molecule has 3 atom stereocenters. The lowest BCUT2D eigenvalue weighted by atomic mass is 9.94. The average molecular weight is 510 g/mol. The van der Waals surface area contributed by atoms with Gasteiger partial charge in [-0.05, 0) is 60.9 Å². The highest BCUT2D eigenvalue weighted by atomic mass is 28.4. The SMILES string of the molecule is CC(C)(C)OC(=O)N1C(O)C[C@@H](CC2CC2)[C@@H]1CO[Si](c1ccccc1)(c1ccccc1)C(C)(C)C. The molecule has 2 aromatic carbocycles. The van der Waals surface area contributed by atoms with E-state index in [-0.39, 0.29) is 17.0 Å². The summed E-state index contributed by atoms with van der Waals surface area (Å²) in [5, 5.41) is 13.3. The molecule has 1 aliphatic carbocycles. The molecular formula is C30H43NO4Si. The number of aliphatic hydroxyl groups is 1. The number of amides is 1. The summed E-state index contributed by atoms with van der Waals surface area (Å²) in [6.07, 6.45) is 2.76. The quantitative estimate of drug-likeness (QED) is 0.514. The Morgan fingerprint density at radius 2 is 1.47 bits per heavy atom. The maximum Gasteiger partial charge on any atom is 0.412 e. The molecule has 1 N–H and O–H groups in total. The summed E-state index contributed by atoms with van der Waals surface area (Å²) in [5.41, 5.74) is -0.630. The van der Waals surface area contributed by atoms with Crippen molar-refractivity contribution in [1.82, 2.24) is 4.90 Å². The van der Waals surface area contributed by atoms with Crippen LogP contribution in [-0.2, 0) is 9.16 Å². The van der Waals surface area contributed by atoms with E-state index in [0.29, 0.717) is 18.9 Å². The molecule has 6 heteroatoms. The van der Waals surface area contributed by atoms with E-state index in [1.807, 2.05) is 32.9 Å². The van der Waals surface area contributed by atoms with Crippen LogP contribution in [0.5, 0.6) is 0 Å². The monoisotopic (exact) mass is 509 g/mol. The first kappa shape index (κ1) is 26.9. The molecule has 0 aromatic heterocycles. The summed E-state index contributed by atoms with van der Waals surface area (Å²) in [4.78, 5) is 14.9. The van der Waals surface area contributed by atoms with E-state index >= 15 is 0 Å². The normalized spacial score (nSPS) is 23.1. The van der Waals surface area contributed by atoms with Gasteiger partial charge in [-0.25, -0.2) is 4.79 Å². The van der Waals surface area contributed by atoms with Gasteiger partial charge < -0.3 is 14.3 Å². The molecular weight excluding hydrogens is 466 g/mol. The fourth-order valence-corrected chi connectivity index (χ4v) is 10.4. The van der Waals surface area contributed by atoms with Crippen molar-refractivity contribution >= 4 is 24.8 Å². The number of hydrogen-bond donors (Lipinski definition) is 1. The number of benzene rings is 2. The van der Waals surface area contributed by atoms with Crippen LogP contribution in [0.2, 0.25) is 5.04 Å². The van der Waals surface area contributed by atoms with Crippen LogP contribution in [-0.4, -0.2) is 48.9 Å². The maximum atomic E-state index is 13.3. The first-order chi connectivity index (χ1) is 16.9. The van der Waals surface area contributed by atoms with E-state index in [9.17, 15) is 9.90 Å². The topological polar surface area (TPSA) is 59.0 Å². The van der Waals surface area contributed by atoms with Crippen molar-refractivity contribution in [2.24, 2.45) is 11.8 Å². The minimum absolute atomic E-state index is 0.157. The molecule has 1 saturated carbocycles. The zero-order chi connectivity index (χ0) is 26.1. The number of carbonyl (C=O) groups is 1. The van der Waals surface area contributed by atoms with Crippen molar-refractivity contribution in [3.8, 4) is 0 Å². The number of carbonyl (C=O) groups excluding carboxylic acids is 1. The lowest BCUT2D eigenvalue weighted by molar-refractivity contribution is -0.0305. The predicted octanol–water partition coefficient (Wildman–Crippen LogP) is 5.31. The first-order valence-corrected chi connectivity index (χ1v) is 15.3. The fraction of sp³-hybridized carbons (Fsp3) is 0.567. The van der Waals surface area contributed by atoms with Crippen molar-refractivity contribution in [3.63, 3.8) is 0 Å².